The van der Waals surface area contributed by atoms with Crippen LogP contribution < -0.4 is 0 Å². The molecule has 0 aliphatic rings. The molecule has 0 aliphatic heterocycles. The number of methoxy groups -OCH3 is 1. The van der Waals surface area contributed by atoms with Crippen molar-refractivity contribution < 1.29 is 18.3 Å². The molecule has 2 aromatic rings. The van der Waals surface area contributed by atoms with Crippen LogP contribution in [0.25, 0.3) is 10.9 Å². The van der Waals surface area contributed by atoms with Crippen LogP contribution in [0.3, 0.4) is 0 Å². The van der Waals surface area contributed by atoms with E-state index in [0.29, 0.717) is 10.9 Å². The van der Waals surface area contributed by atoms with Gasteiger partial charge in [-0.15, -0.1) is 0 Å². The van der Waals surface area contributed by atoms with Crippen molar-refractivity contribution in [2.45, 2.75) is 4.90 Å². The Bertz CT molecular complexity index is 617. The van der Waals surface area contributed by atoms with Gasteiger partial charge in [-0.2, -0.15) is 0 Å². The van der Waals surface area contributed by atoms with Gasteiger partial charge in [0, 0.05) is 18.0 Å². The predicted molar refractivity (Wildman–Crippen MR) is 63.3 cm³/mol. The number of hydrogen-bond acceptors (Lipinski definition) is 3. The summed E-state index contributed by atoms with van der Waals surface area (Å²) < 4.78 is 26.9. The van der Waals surface area contributed by atoms with Crippen LogP contribution in [0.2, 0.25) is 0 Å². The molecule has 1 aromatic carbocycles. The normalized spacial score (nSPS) is 12.6. The second kappa shape index (κ2) is 4.31. The molecule has 0 aliphatic carbocycles. The first kappa shape index (κ1) is 11.8. The number of hydrogen-bond donors (Lipinski definition) is 1. The maximum Gasteiger partial charge on any atom is 0.356 e. The van der Waals surface area contributed by atoms with Crippen LogP contribution in [0.5, 0.6) is 0 Å². The van der Waals surface area contributed by atoms with E-state index in [-0.39, 0.29) is 10.6 Å². The third kappa shape index (κ3) is 1.75. The largest absolute Gasteiger partial charge is 0.464 e. The number of esters is 1. The molecule has 6 heteroatoms. The summed E-state index contributed by atoms with van der Waals surface area (Å²) in [6.07, 6.45) is 0. The van der Waals surface area contributed by atoms with E-state index < -0.39 is 17.0 Å². The molecule has 1 heterocycles. The van der Waals surface area contributed by atoms with E-state index in [0.717, 1.165) is 0 Å². The molecule has 1 atom stereocenters. The first-order valence-electron chi connectivity index (χ1n) is 4.84. The highest BCUT2D eigenvalue weighted by Crippen LogP contribution is 2.28. The van der Waals surface area contributed by atoms with Crippen molar-refractivity contribution >= 4 is 28.0 Å². The van der Waals surface area contributed by atoms with E-state index >= 15 is 0 Å². The number of aromatic nitrogens is 1. The van der Waals surface area contributed by atoms with Crippen LogP contribution in [-0.4, -0.2) is 26.4 Å². The summed E-state index contributed by atoms with van der Waals surface area (Å²) in [5.74, 6) is -0.624. The van der Waals surface area contributed by atoms with Gasteiger partial charge in [0.15, 0.2) is 11.1 Å². The standard InChI is InChI=1S/C11H11NO4S/c1-12-8-6-4-3-5-7(8)10(17(14)15)9(12)11(13)16-2/h3-6H,1-2H3,(H,14,15). The Labute approximate surface area is 100 Å². The summed E-state index contributed by atoms with van der Waals surface area (Å²) >= 11 is -2.24. The zero-order valence-corrected chi connectivity index (χ0v) is 10.2. The average molecular weight is 253 g/mol. The molecule has 1 N–H and O–H groups in total. The summed E-state index contributed by atoms with van der Waals surface area (Å²) in [7, 11) is 2.90. The Kier molecular flexibility index (Phi) is 2.99. The quantitative estimate of drug-likeness (QED) is 0.651. The molecule has 2 rings (SSSR count). The average Bonchev–Trinajstić information content (AvgIpc) is 2.62. The van der Waals surface area contributed by atoms with E-state index in [2.05, 4.69) is 4.74 Å². The van der Waals surface area contributed by atoms with E-state index in [1.807, 2.05) is 0 Å². The van der Waals surface area contributed by atoms with E-state index in [1.54, 1.807) is 35.9 Å². The van der Waals surface area contributed by atoms with Crippen molar-refractivity contribution in [2.24, 2.45) is 7.05 Å². The van der Waals surface area contributed by atoms with Gasteiger partial charge in [-0.3, -0.25) is 0 Å². The van der Waals surface area contributed by atoms with Crippen LogP contribution in [0, 0.1) is 0 Å². The van der Waals surface area contributed by atoms with Gasteiger partial charge < -0.3 is 13.9 Å². The maximum atomic E-state index is 11.6. The first-order chi connectivity index (χ1) is 8.07. The van der Waals surface area contributed by atoms with E-state index in [1.165, 1.54) is 7.11 Å². The predicted octanol–water partition coefficient (Wildman–Crippen LogP) is 1.55. The third-order valence-electron chi connectivity index (χ3n) is 2.61. The van der Waals surface area contributed by atoms with Gasteiger partial charge in [-0.05, 0) is 6.07 Å². The molecule has 0 radical (unpaired) electrons. The lowest BCUT2D eigenvalue weighted by Crippen LogP contribution is -2.10. The number of benzene rings is 1. The number of aryl methyl sites for hydroxylation is 1. The van der Waals surface area contributed by atoms with Crippen LogP contribution in [-0.2, 0) is 22.9 Å². The van der Waals surface area contributed by atoms with Crippen LogP contribution in [0.15, 0.2) is 29.2 Å². The lowest BCUT2D eigenvalue weighted by Gasteiger charge is -2.02. The minimum absolute atomic E-state index is 0.0925. The molecule has 1 unspecified atom stereocenters. The number of para-hydroxylation sites is 1. The molecule has 90 valence electrons. The third-order valence-corrected chi connectivity index (χ3v) is 3.38. The second-order valence-corrected chi connectivity index (χ2v) is 4.40. The van der Waals surface area contributed by atoms with Crippen molar-refractivity contribution in [3.63, 3.8) is 0 Å². The fraction of sp³-hybridized carbons (Fsp3) is 0.182. The maximum absolute atomic E-state index is 11.6. The van der Waals surface area contributed by atoms with Crippen molar-refractivity contribution in [1.29, 1.82) is 0 Å². The molecule has 0 amide bonds. The van der Waals surface area contributed by atoms with Gasteiger partial charge in [0.2, 0.25) is 0 Å². The summed E-state index contributed by atoms with van der Waals surface area (Å²) in [4.78, 5) is 11.7. The van der Waals surface area contributed by atoms with Gasteiger partial charge in [0.05, 0.1) is 7.11 Å². The SMILES string of the molecule is COC(=O)c1c(S(=O)O)c2ccccc2n1C. The first-order valence-corrected chi connectivity index (χ1v) is 5.95. The monoisotopic (exact) mass is 253 g/mol. The highest BCUT2D eigenvalue weighted by molar-refractivity contribution is 7.79. The molecular formula is C11H11NO4S. The molecule has 0 saturated carbocycles. The van der Waals surface area contributed by atoms with Crippen LogP contribution in [0.1, 0.15) is 10.5 Å². The number of carbonyl (C=O) groups is 1. The summed E-state index contributed by atoms with van der Waals surface area (Å²) in [5.41, 5.74) is 0.819. The zero-order chi connectivity index (χ0) is 12.6. The van der Waals surface area contributed by atoms with Crippen LogP contribution in [0.4, 0.5) is 0 Å². The molecule has 5 nitrogen and oxygen atoms in total. The fourth-order valence-electron chi connectivity index (χ4n) is 1.86. The van der Waals surface area contributed by atoms with Gasteiger partial charge in [-0.25, -0.2) is 9.00 Å². The van der Waals surface area contributed by atoms with Crippen LogP contribution >= 0.6 is 0 Å². The molecule has 1 aromatic heterocycles. The minimum Gasteiger partial charge on any atom is -0.464 e. The van der Waals surface area contributed by atoms with Gasteiger partial charge >= 0.3 is 5.97 Å². The Balaban J connectivity index is 2.90. The van der Waals surface area contributed by atoms with Crippen molar-refractivity contribution in [2.75, 3.05) is 7.11 Å². The number of nitrogens with zero attached hydrogens (tertiary/aromatic N) is 1. The zero-order valence-electron chi connectivity index (χ0n) is 9.34. The summed E-state index contributed by atoms with van der Waals surface area (Å²) in [5, 5.41) is 0.580. The number of fused-ring (bicyclic) bond motifs is 1. The molecule has 0 spiro atoms. The summed E-state index contributed by atoms with van der Waals surface area (Å²) in [6.45, 7) is 0. The summed E-state index contributed by atoms with van der Waals surface area (Å²) in [6, 6.07) is 7.02. The topological polar surface area (TPSA) is 68.5 Å². The Morgan fingerprint density at radius 3 is 2.65 bits per heavy atom. The van der Waals surface area contributed by atoms with Crippen molar-refractivity contribution in [3.8, 4) is 0 Å². The number of carbonyl (C=O) groups excluding carboxylic acids is 1. The van der Waals surface area contributed by atoms with E-state index in [9.17, 15) is 13.6 Å². The van der Waals surface area contributed by atoms with Gasteiger partial charge in [0.1, 0.15) is 10.6 Å². The minimum atomic E-state index is -2.24. The molecule has 17 heavy (non-hydrogen) atoms. The van der Waals surface area contributed by atoms with Gasteiger partial charge in [-0.1, -0.05) is 18.2 Å². The molecule has 0 saturated heterocycles. The van der Waals surface area contributed by atoms with Crippen molar-refractivity contribution in [3.05, 3.63) is 30.0 Å². The Hall–Kier alpha value is -1.66. The number of rotatable bonds is 2. The molecular weight excluding hydrogens is 242 g/mol. The second-order valence-electron chi connectivity index (χ2n) is 3.49. The highest BCUT2D eigenvalue weighted by atomic mass is 32.2. The Morgan fingerprint density at radius 2 is 2.06 bits per heavy atom. The van der Waals surface area contributed by atoms with Gasteiger partial charge in [0.25, 0.3) is 0 Å². The highest BCUT2D eigenvalue weighted by Gasteiger charge is 2.24. The fourth-order valence-corrected chi connectivity index (χ4v) is 2.61. The molecule has 0 fully saturated rings. The molecule has 0 bridgehead atoms. The lowest BCUT2D eigenvalue weighted by atomic mass is 10.2. The van der Waals surface area contributed by atoms with E-state index in [4.69, 9.17) is 0 Å². The lowest BCUT2D eigenvalue weighted by molar-refractivity contribution is 0.0586. The van der Waals surface area contributed by atoms with Crippen molar-refractivity contribution in [1.82, 2.24) is 4.57 Å². The smallest absolute Gasteiger partial charge is 0.356 e. The number of ether oxygens (including phenoxy) is 1. The Morgan fingerprint density at radius 1 is 1.41 bits per heavy atom.